The summed E-state index contributed by atoms with van der Waals surface area (Å²) < 4.78 is 0. The molecule has 0 saturated carbocycles. The van der Waals surface area contributed by atoms with Crippen molar-refractivity contribution in [2.24, 2.45) is 0 Å². The highest BCUT2D eigenvalue weighted by Crippen LogP contribution is 2.22. The van der Waals surface area contributed by atoms with Crippen LogP contribution < -0.4 is 0 Å². The van der Waals surface area contributed by atoms with Gasteiger partial charge in [-0.05, 0) is 32.0 Å². The molecule has 0 atom stereocenters. The van der Waals surface area contributed by atoms with Crippen LogP contribution in [0.1, 0.15) is 27.0 Å². The van der Waals surface area contributed by atoms with E-state index in [1.807, 2.05) is 50.2 Å². The van der Waals surface area contributed by atoms with Crippen LogP contribution >= 0.6 is 0 Å². The molecule has 19 heavy (non-hydrogen) atoms. The van der Waals surface area contributed by atoms with E-state index in [-0.39, 0.29) is 5.78 Å². The maximum Gasteiger partial charge on any atom is 0.195 e. The molecular formula is C17H15NO. The quantitative estimate of drug-likeness (QED) is 0.684. The number of hydrogen-bond acceptors (Lipinski definition) is 1. The third kappa shape index (κ3) is 2.06. The van der Waals surface area contributed by atoms with Crippen LogP contribution in [0.4, 0.5) is 0 Å². The number of ketones is 1. The molecule has 2 aromatic carbocycles. The van der Waals surface area contributed by atoms with E-state index >= 15 is 0 Å². The van der Waals surface area contributed by atoms with Gasteiger partial charge < -0.3 is 4.98 Å². The number of nitrogens with one attached hydrogen (secondary N) is 1. The highest BCUT2D eigenvalue weighted by molar-refractivity contribution is 6.16. The van der Waals surface area contributed by atoms with Crippen molar-refractivity contribution in [2.75, 3.05) is 0 Å². The van der Waals surface area contributed by atoms with Crippen LogP contribution in [0.3, 0.4) is 0 Å². The Balaban J connectivity index is 2.14. The van der Waals surface area contributed by atoms with Gasteiger partial charge in [-0.2, -0.15) is 0 Å². The van der Waals surface area contributed by atoms with Crippen molar-refractivity contribution < 1.29 is 4.79 Å². The molecule has 0 aliphatic heterocycles. The van der Waals surface area contributed by atoms with Gasteiger partial charge in [0.05, 0.1) is 0 Å². The van der Waals surface area contributed by atoms with Gasteiger partial charge in [-0.15, -0.1) is 0 Å². The smallest absolute Gasteiger partial charge is 0.195 e. The van der Waals surface area contributed by atoms with Crippen molar-refractivity contribution in [1.82, 2.24) is 4.98 Å². The van der Waals surface area contributed by atoms with Gasteiger partial charge in [0, 0.05) is 28.2 Å². The summed E-state index contributed by atoms with van der Waals surface area (Å²) in [5.41, 5.74) is 4.74. The van der Waals surface area contributed by atoms with E-state index in [0.717, 1.165) is 33.2 Å². The van der Waals surface area contributed by atoms with Crippen LogP contribution in [-0.2, 0) is 0 Å². The standard InChI is InChI=1S/C17H15NO/c1-11-4-3-5-13(8-11)17(19)15-10-18-16-7-6-12(2)9-14(15)16/h3-10,18H,1-2H3. The number of carbonyl (C=O) groups is 1. The molecule has 0 aliphatic carbocycles. The molecule has 0 radical (unpaired) electrons. The summed E-state index contributed by atoms with van der Waals surface area (Å²) in [6, 6.07) is 13.8. The zero-order chi connectivity index (χ0) is 13.4. The summed E-state index contributed by atoms with van der Waals surface area (Å²) in [4.78, 5) is 15.7. The fourth-order valence-corrected chi connectivity index (χ4v) is 2.36. The van der Waals surface area contributed by atoms with Gasteiger partial charge in [0.25, 0.3) is 0 Å². The number of aromatic amines is 1. The predicted octanol–water partition coefficient (Wildman–Crippen LogP) is 4.02. The number of rotatable bonds is 2. The van der Waals surface area contributed by atoms with Crippen molar-refractivity contribution in [3.8, 4) is 0 Å². The van der Waals surface area contributed by atoms with Crippen LogP contribution in [0.15, 0.2) is 48.7 Å². The summed E-state index contributed by atoms with van der Waals surface area (Å²) in [5.74, 6) is 0.0700. The summed E-state index contributed by atoms with van der Waals surface area (Å²) in [5, 5.41) is 0.992. The Morgan fingerprint density at radius 1 is 1.00 bits per heavy atom. The average Bonchev–Trinajstić information content (AvgIpc) is 2.80. The van der Waals surface area contributed by atoms with Crippen molar-refractivity contribution in [3.63, 3.8) is 0 Å². The summed E-state index contributed by atoms with van der Waals surface area (Å²) in [6.45, 7) is 4.03. The predicted molar refractivity (Wildman–Crippen MR) is 77.6 cm³/mol. The number of H-pyrrole nitrogens is 1. The van der Waals surface area contributed by atoms with E-state index < -0.39 is 0 Å². The maximum atomic E-state index is 12.6. The average molecular weight is 249 g/mol. The van der Waals surface area contributed by atoms with Gasteiger partial charge in [0.2, 0.25) is 0 Å². The number of hydrogen-bond donors (Lipinski definition) is 1. The zero-order valence-electron chi connectivity index (χ0n) is 11.0. The van der Waals surface area contributed by atoms with E-state index in [2.05, 4.69) is 11.1 Å². The maximum absolute atomic E-state index is 12.6. The minimum atomic E-state index is 0.0700. The Bertz CT molecular complexity index is 768. The lowest BCUT2D eigenvalue weighted by Crippen LogP contribution is -2.00. The molecule has 0 fully saturated rings. The van der Waals surface area contributed by atoms with Gasteiger partial charge in [0.15, 0.2) is 5.78 Å². The molecule has 0 spiro atoms. The van der Waals surface area contributed by atoms with Crippen LogP contribution in [0.25, 0.3) is 10.9 Å². The van der Waals surface area contributed by atoms with Gasteiger partial charge in [-0.3, -0.25) is 4.79 Å². The molecule has 94 valence electrons. The molecule has 1 heterocycles. The second-order valence-corrected chi connectivity index (χ2v) is 4.95. The summed E-state index contributed by atoms with van der Waals surface area (Å²) in [7, 11) is 0. The fraction of sp³-hybridized carbons (Fsp3) is 0.118. The van der Waals surface area contributed by atoms with Crippen molar-refractivity contribution in [2.45, 2.75) is 13.8 Å². The number of carbonyl (C=O) groups excluding carboxylic acids is 1. The first-order valence-corrected chi connectivity index (χ1v) is 6.34. The van der Waals surface area contributed by atoms with Gasteiger partial charge in [-0.25, -0.2) is 0 Å². The number of aromatic nitrogens is 1. The first kappa shape index (κ1) is 11.7. The van der Waals surface area contributed by atoms with Crippen molar-refractivity contribution in [3.05, 3.63) is 70.9 Å². The number of aryl methyl sites for hydroxylation is 2. The topological polar surface area (TPSA) is 32.9 Å². The van der Waals surface area contributed by atoms with Gasteiger partial charge in [-0.1, -0.05) is 35.4 Å². The molecule has 3 aromatic rings. The third-order valence-corrected chi connectivity index (χ3v) is 3.36. The van der Waals surface area contributed by atoms with Crippen LogP contribution in [-0.4, -0.2) is 10.8 Å². The second-order valence-electron chi connectivity index (χ2n) is 4.95. The van der Waals surface area contributed by atoms with Gasteiger partial charge >= 0.3 is 0 Å². The van der Waals surface area contributed by atoms with E-state index in [1.165, 1.54) is 0 Å². The third-order valence-electron chi connectivity index (χ3n) is 3.36. The molecule has 1 N–H and O–H groups in total. The number of fused-ring (bicyclic) bond motifs is 1. The Morgan fingerprint density at radius 3 is 2.58 bits per heavy atom. The normalized spacial score (nSPS) is 10.8. The molecule has 2 nitrogen and oxygen atoms in total. The minimum Gasteiger partial charge on any atom is -0.360 e. The van der Waals surface area contributed by atoms with E-state index in [4.69, 9.17) is 0 Å². The van der Waals surface area contributed by atoms with Crippen molar-refractivity contribution >= 4 is 16.7 Å². The summed E-state index contributed by atoms with van der Waals surface area (Å²) >= 11 is 0. The number of benzene rings is 2. The van der Waals surface area contributed by atoms with Crippen molar-refractivity contribution in [1.29, 1.82) is 0 Å². The molecule has 0 aliphatic rings. The SMILES string of the molecule is Cc1cccc(C(=O)c2c[nH]c3ccc(C)cc23)c1. The summed E-state index contributed by atoms with van der Waals surface area (Å²) in [6.07, 6.45) is 1.80. The Morgan fingerprint density at radius 2 is 1.79 bits per heavy atom. The zero-order valence-corrected chi connectivity index (χ0v) is 11.0. The molecule has 0 saturated heterocycles. The lowest BCUT2D eigenvalue weighted by molar-refractivity contribution is 0.104. The van der Waals surface area contributed by atoms with E-state index in [0.29, 0.717) is 0 Å². The molecule has 1 aromatic heterocycles. The highest BCUT2D eigenvalue weighted by Gasteiger charge is 2.14. The molecular weight excluding hydrogens is 234 g/mol. The molecule has 0 bridgehead atoms. The Hall–Kier alpha value is -2.35. The molecule has 0 amide bonds. The van der Waals surface area contributed by atoms with Crippen LogP contribution in [0.2, 0.25) is 0 Å². The molecule has 2 heteroatoms. The first-order chi connectivity index (χ1) is 9.15. The minimum absolute atomic E-state index is 0.0700. The second kappa shape index (κ2) is 4.39. The van der Waals surface area contributed by atoms with Gasteiger partial charge in [0.1, 0.15) is 0 Å². The lowest BCUT2D eigenvalue weighted by Gasteiger charge is -2.01. The fourth-order valence-electron chi connectivity index (χ4n) is 2.36. The monoisotopic (exact) mass is 249 g/mol. The Labute approximate surface area is 112 Å². The Kier molecular flexibility index (Phi) is 2.71. The van der Waals surface area contributed by atoms with E-state index in [9.17, 15) is 4.79 Å². The first-order valence-electron chi connectivity index (χ1n) is 6.34. The van der Waals surface area contributed by atoms with E-state index in [1.54, 1.807) is 6.20 Å². The lowest BCUT2D eigenvalue weighted by atomic mass is 10.0. The van der Waals surface area contributed by atoms with Crippen LogP contribution in [0.5, 0.6) is 0 Å². The van der Waals surface area contributed by atoms with Crippen LogP contribution in [0, 0.1) is 13.8 Å². The molecule has 3 rings (SSSR count). The highest BCUT2D eigenvalue weighted by atomic mass is 16.1. The largest absolute Gasteiger partial charge is 0.360 e. The molecule has 0 unspecified atom stereocenters.